The number of nitrogens with one attached hydrogen (secondary N) is 1. The van der Waals surface area contributed by atoms with Crippen LogP contribution in [0.1, 0.15) is 77.4 Å². The van der Waals surface area contributed by atoms with Crippen molar-refractivity contribution in [2.75, 3.05) is 7.05 Å². The van der Waals surface area contributed by atoms with Crippen molar-refractivity contribution in [3.05, 3.63) is 21.7 Å². The maximum atomic E-state index is 13.3. The lowest BCUT2D eigenvalue weighted by Crippen LogP contribution is -2.45. The first-order chi connectivity index (χ1) is 18.1. The van der Waals surface area contributed by atoms with Crippen LogP contribution in [0, 0.1) is 24.2 Å². The van der Waals surface area contributed by atoms with Crippen molar-refractivity contribution in [1.29, 1.82) is 0 Å². The number of hydrogen-bond donors (Lipinski definition) is 3. The smallest absolute Gasteiger partial charge is 0.309 e. The highest BCUT2D eigenvalue weighted by Crippen LogP contribution is 2.41. The number of aryl methyl sites for hydroxylation is 1. The van der Waals surface area contributed by atoms with E-state index in [-0.39, 0.29) is 30.2 Å². The van der Waals surface area contributed by atoms with Gasteiger partial charge in [0.15, 0.2) is 0 Å². The third-order valence-corrected chi connectivity index (χ3v) is 10.7. The molecule has 39 heavy (non-hydrogen) atoms. The lowest BCUT2D eigenvalue weighted by molar-refractivity contribution is -0.154. The molecule has 0 aromatic carbocycles. The van der Waals surface area contributed by atoms with Gasteiger partial charge in [-0.05, 0) is 44.3 Å². The summed E-state index contributed by atoms with van der Waals surface area (Å²) < 4.78 is 35.2. The molecule has 0 saturated carbocycles. The number of nitrogens with zero attached hydrogens (tertiary/aromatic N) is 2. The zero-order chi connectivity index (χ0) is 29.3. The third-order valence-electron chi connectivity index (χ3n) is 8.29. The minimum absolute atomic E-state index is 0.208. The van der Waals surface area contributed by atoms with E-state index in [1.807, 2.05) is 32.2 Å². The van der Waals surface area contributed by atoms with Gasteiger partial charge in [-0.15, -0.1) is 11.3 Å². The Morgan fingerprint density at radius 3 is 2.49 bits per heavy atom. The highest BCUT2D eigenvalue weighted by molar-refractivity contribution is 7.87. The van der Waals surface area contributed by atoms with Gasteiger partial charge in [-0.2, -0.15) is 12.7 Å². The molecule has 2 aliphatic heterocycles. The molecule has 10 nitrogen and oxygen atoms in total. The standard InChI is InChI=1S/C27H43N3O7S2/c1-15-9-8-10-20-21(30(20)39(35,36)28-7)12-22(16(2)11-19-14-38-18(4)29-19)37-24(32)13-23(31)27(5,6)26(34)17(3)25(15)33/h11,14-15,17,20-23,25,28,31,33H,8-10,12-13H2,1-7H3/b16-11+/t15?,17-,20?,21+,22+,23+,25+,30?/m1/s1. The van der Waals surface area contributed by atoms with Crippen LogP contribution in [-0.2, 0) is 24.5 Å². The molecular weight excluding hydrogens is 542 g/mol. The van der Waals surface area contributed by atoms with Crippen molar-refractivity contribution in [2.45, 2.75) is 104 Å². The first-order valence-electron chi connectivity index (χ1n) is 13.5. The van der Waals surface area contributed by atoms with E-state index < -0.39 is 52.2 Å². The molecule has 2 saturated heterocycles. The molecule has 220 valence electrons. The number of ether oxygens (including phenoxy) is 1. The Balaban J connectivity index is 1.95. The molecular formula is C27H43N3O7S2. The summed E-state index contributed by atoms with van der Waals surface area (Å²) in [6, 6.07) is -0.658. The number of aromatic nitrogens is 1. The van der Waals surface area contributed by atoms with Gasteiger partial charge in [0.1, 0.15) is 11.9 Å². The monoisotopic (exact) mass is 585 g/mol. The Morgan fingerprint density at radius 2 is 1.90 bits per heavy atom. The Morgan fingerprint density at radius 1 is 1.23 bits per heavy atom. The number of esters is 1. The van der Waals surface area contributed by atoms with E-state index in [9.17, 15) is 28.2 Å². The second kappa shape index (κ2) is 12.4. The second-order valence-corrected chi connectivity index (χ2v) is 14.4. The number of thiazole rings is 1. The number of ketones is 1. The molecule has 3 N–H and O–H groups in total. The van der Waals surface area contributed by atoms with Gasteiger partial charge in [0.25, 0.3) is 10.2 Å². The molecule has 3 unspecified atom stereocenters. The normalized spacial score (nSPS) is 35.3. The predicted octanol–water partition coefficient (Wildman–Crippen LogP) is 2.84. The molecule has 0 spiro atoms. The van der Waals surface area contributed by atoms with Crippen LogP contribution in [0.4, 0.5) is 0 Å². The summed E-state index contributed by atoms with van der Waals surface area (Å²) in [6.45, 7) is 10.4. The zero-order valence-electron chi connectivity index (χ0n) is 23.9. The Bertz CT molecular complexity index is 1180. The molecule has 0 radical (unpaired) electrons. The number of rotatable bonds is 4. The number of aliphatic hydroxyl groups is 2. The predicted molar refractivity (Wildman–Crippen MR) is 150 cm³/mol. The summed E-state index contributed by atoms with van der Waals surface area (Å²) in [4.78, 5) is 30.8. The van der Waals surface area contributed by atoms with E-state index in [1.54, 1.807) is 20.8 Å². The highest BCUT2D eigenvalue weighted by Gasteiger charge is 2.55. The van der Waals surface area contributed by atoms with Crippen LogP contribution < -0.4 is 4.72 Å². The molecule has 0 aliphatic carbocycles. The van der Waals surface area contributed by atoms with E-state index in [2.05, 4.69) is 9.71 Å². The summed E-state index contributed by atoms with van der Waals surface area (Å²) in [7, 11) is -2.35. The minimum Gasteiger partial charge on any atom is -0.458 e. The van der Waals surface area contributed by atoms with Gasteiger partial charge in [-0.25, -0.2) is 9.71 Å². The first kappa shape index (κ1) is 31.8. The fourth-order valence-electron chi connectivity index (χ4n) is 5.51. The van der Waals surface area contributed by atoms with Gasteiger partial charge in [0, 0.05) is 36.9 Å². The van der Waals surface area contributed by atoms with Crippen molar-refractivity contribution < 1.29 is 33.0 Å². The number of aliphatic hydroxyl groups excluding tert-OH is 2. The van der Waals surface area contributed by atoms with Gasteiger partial charge in [-0.1, -0.05) is 34.1 Å². The number of carbonyl (C=O) groups excluding carboxylic acids is 2. The van der Waals surface area contributed by atoms with Crippen LogP contribution in [-0.4, -0.2) is 77.1 Å². The summed E-state index contributed by atoms with van der Waals surface area (Å²) in [6.07, 6.45) is 0.492. The average molecular weight is 586 g/mol. The van der Waals surface area contributed by atoms with Crippen LogP contribution in [0.2, 0.25) is 0 Å². The van der Waals surface area contributed by atoms with Crippen molar-refractivity contribution >= 4 is 39.4 Å². The topological polar surface area (TPSA) is 146 Å². The van der Waals surface area contributed by atoms with E-state index in [0.717, 1.165) is 10.7 Å². The fraction of sp³-hybridized carbons (Fsp3) is 0.741. The third kappa shape index (κ3) is 7.34. The highest BCUT2D eigenvalue weighted by atomic mass is 32.2. The SMILES string of the molecule is CNS(=O)(=O)N1C2CCCC(C)[C@H](O)[C@@H](C)C(=O)C(C)(C)[C@@H](O)CC(=O)O[C@H](/C(C)=C/c3csc(C)n3)C[C@@H]21. The van der Waals surface area contributed by atoms with Gasteiger partial charge in [0.05, 0.1) is 34.7 Å². The van der Waals surface area contributed by atoms with Gasteiger partial charge in [0.2, 0.25) is 0 Å². The van der Waals surface area contributed by atoms with Crippen molar-refractivity contribution in [2.24, 2.45) is 17.3 Å². The summed E-state index contributed by atoms with van der Waals surface area (Å²) in [5.41, 5.74) is 0.143. The van der Waals surface area contributed by atoms with Crippen molar-refractivity contribution in [3.8, 4) is 0 Å². The average Bonchev–Trinajstić information content (AvgIpc) is 3.41. The van der Waals surface area contributed by atoms with E-state index >= 15 is 0 Å². The summed E-state index contributed by atoms with van der Waals surface area (Å²) in [5.74, 6) is -1.97. The first-order valence-corrected chi connectivity index (χ1v) is 15.8. The molecule has 2 aliphatic rings. The Hall–Kier alpha value is -1.70. The molecule has 3 heterocycles. The summed E-state index contributed by atoms with van der Waals surface area (Å²) >= 11 is 1.49. The minimum atomic E-state index is -3.71. The van der Waals surface area contributed by atoms with Gasteiger partial charge in [-0.3, -0.25) is 9.59 Å². The Labute approximate surface area is 236 Å². The van der Waals surface area contributed by atoms with Crippen molar-refractivity contribution in [1.82, 2.24) is 14.0 Å². The number of Topliss-reactive ketones (excluding diaryl/α,β-unsaturated/α-hetero) is 1. The van der Waals surface area contributed by atoms with Crippen LogP contribution in [0.5, 0.6) is 0 Å². The second-order valence-electron chi connectivity index (χ2n) is 11.6. The zero-order valence-corrected chi connectivity index (χ0v) is 25.5. The lowest BCUT2D eigenvalue weighted by atomic mass is 9.73. The number of fused-ring (bicyclic) bond motifs is 1. The van der Waals surface area contributed by atoms with E-state index in [1.165, 1.54) is 22.7 Å². The molecule has 1 aromatic rings. The molecule has 0 amide bonds. The van der Waals surface area contributed by atoms with Crippen LogP contribution in [0.25, 0.3) is 6.08 Å². The van der Waals surface area contributed by atoms with Crippen molar-refractivity contribution in [3.63, 3.8) is 0 Å². The number of hydrogen-bond acceptors (Lipinski definition) is 9. The molecule has 3 rings (SSSR count). The largest absolute Gasteiger partial charge is 0.458 e. The van der Waals surface area contributed by atoms with Gasteiger partial charge < -0.3 is 14.9 Å². The molecule has 2 fully saturated rings. The fourth-order valence-corrected chi connectivity index (χ4v) is 7.42. The van der Waals surface area contributed by atoms with Crippen LogP contribution in [0.3, 0.4) is 0 Å². The number of cyclic esters (lactones) is 1. The molecule has 1 aromatic heterocycles. The molecule has 12 heteroatoms. The lowest BCUT2D eigenvalue weighted by Gasteiger charge is -2.34. The molecule has 0 bridgehead atoms. The quantitative estimate of drug-likeness (QED) is 0.361. The molecule has 8 atom stereocenters. The van der Waals surface area contributed by atoms with Crippen LogP contribution in [0.15, 0.2) is 11.0 Å². The van der Waals surface area contributed by atoms with Crippen LogP contribution >= 0.6 is 11.3 Å². The summed E-state index contributed by atoms with van der Waals surface area (Å²) in [5, 5.41) is 24.6. The van der Waals surface area contributed by atoms with E-state index in [4.69, 9.17) is 4.74 Å². The number of carbonyl (C=O) groups is 2. The van der Waals surface area contributed by atoms with Gasteiger partial charge >= 0.3 is 5.97 Å². The Kier molecular flexibility index (Phi) is 10.2. The maximum absolute atomic E-state index is 13.3. The maximum Gasteiger partial charge on any atom is 0.309 e. The van der Waals surface area contributed by atoms with E-state index in [0.29, 0.717) is 24.8 Å².